The van der Waals surface area contributed by atoms with Crippen LogP contribution in [0.25, 0.3) is 0 Å². The Morgan fingerprint density at radius 2 is 2.16 bits per heavy atom. The van der Waals surface area contributed by atoms with Gasteiger partial charge in [0.15, 0.2) is 0 Å². The van der Waals surface area contributed by atoms with Gasteiger partial charge in [0.2, 0.25) is 0 Å². The van der Waals surface area contributed by atoms with E-state index in [0.717, 1.165) is 17.8 Å². The number of carbonyl (C=O) groups excluding carboxylic acids is 1. The Bertz CT molecular complexity index is 586. The molecule has 2 aromatic rings. The van der Waals surface area contributed by atoms with E-state index < -0.39 is 5.82 Å². The molecule has 0 bridgehead atoms. The summed E-state index contributed by atoms with van der Waals surface area (Å²) >= 11 is 0. The number of nitrogens with one attached hydrogen (secondary N) is 2. The molecule has 1 heterocycles. The Balaban J connectivity index is 2.12. The normalized spacial score (nSPS) is 10.2. The molecule has 5 heteroatoms. The fraction of sp³-hybridized carbons (Fsp3) is 0.143. The van der Waals surface area contributed by atoms with Crippen LogP contribution in [0.2, 0.25) is 0 Å². The fourth-order valence-corrected chi connectivity index (χ4v) is 1.70. The van der Waals surface area contributed by atoms with Gasteiger partial charge in [-0.15, -0.1) is 0 Å². The number of benzene rings is 1. The Morgan fingerprint density at radius 1 is 1.32 bits per heavy atom. The highest BCUT2D eigenvalue weighted by Gasteiger charge is 2.07. The lowest BCUT2D eigenvalue weighted by atomic mass is 10.2. The number of hydrogen-bond donors (Lipinski definition) is 2. The number of aromatic nitrogens is 1. The largest absolute Gasteiger partial charge is 0.322 e. The van der Waals surface area contributed by atoms with Crippen LogP contribution in [-0.2, 0) is 6.54 Å². The molecule has 0 saturated heterocycles. The lowest BCUT2D eigenvalue weighted by molar-refractivity contribution is 0.102. The monoisotopic (exact) mass is 259 g/mol. The maximum atomic E-state index is 13.0. The minimum absolute atomic E-state index is 0.194. The standard InChI is InChI=1S/C14H14FN3O/c1-16-7-10-3-2-4-13(5-10)18-14(19)11-6-12(15)9-17-8-11/h2-6,8-9,16H,7H2,1H3,(H,18,19). The molecule has 0 aliphatic carbocycles. The van der Waals surface area contributed by atoms with Crippen molar-refractivity contribution in [3.05, 3.63) is 59.7 Å². The first kappa shape index (κ1) is 13.2. The summed E-state index contributed by atoms with van der Waals surface area (Å²) in [5.41, 5.74) is 1.92. The first-order chi connectivity index (χ1) is 9.19. The third-order valence-electron chi connectivity index (χ3n) is 2.53. The molecule has 0 saturated carbocycles. The van der Waals surface area contributed by atoms with E-state index in [1.807, 2.05) is 25.2 Å². The third-order valence-corrected chi connectivity index (χ3v) is 2.53. The second-order valence-corrected chi connectivity index (χ2v) is 4.08. The summed E-state index contributed by atoms with van der Waals surface area (Å²) in [4.78, 5) is 15.6. The lowest BCUT2D eigenvalue weighted by Gasteiger charge is -2.07. The Morgan fingerprint density at radius 3 is 2.89 bits per heavy atom. The molecule has 2 N–H and O–H groups in total. The van der Waals surface area contributed by atoms with Gasteiger partial charge in [0.1, 0.15) is 5.82 Å². The van der Waals surface area contributed by atoms with Crippen molar-refractivity contribution in [3.63, 3.8) is 0 Å². The molecule has 98 valence electrons. The lowest BCUT2D eigenvalue weighted by Crippen LogP contribution is -2.13. The predicted octanol–water partition coefficient (Wildman–Crippen LogP) is 2.19. The van der Waals surface area contributed by atoms with Crippen LogP contribution in [0.5, 0.6) is 0 Å². The summed E-state index contributed by atoms with van der Waals surface area (Å²) in [5.74, 6) is -0.912. The highest BCUT2D eigenvalue weighted by molar-refractivity contribution is 6.04. The molecule has 1 amide bonds. The molecule has 0 aliphatic rings. The number of amides is 1. The molecular formula is C14H14FN3O. The first-order valence-corrected chi connectivity index (χ1v) is 5.84. The van der Waals surface area contributed by atoms with Crippen molar-refractivity contribution in [2.75, 3.05) is 12.4 Å². The second kappa shape index (κ2) is 6.06. The highest BCUT2D eigenvalue weighted by atomic mass is 19.1. The van der Waals surface area contributed by atoms with E-state index in [4.69, 9.17) is 0 Å². The van der Waals surface area contributed by atoms with Gasteiger partial charge in [-0.05, 0) is 30.8 Å². The topological polar surface area (TPSA) is 54.0 Å². The van der Waals surface area contributed by atoms with E-state index >= 15 is 0 Å². The van der Waals surface area contributed by atoms with Gasteiger partial charge < -0.3 is 10.6 Å². The molecule has 0 atom stereocenters. The van der Waals surface area contributed by atoms with Crippen molar-refractivity contribution in [1.82, 2.24) is 10.3 Å². The van der Waals surface area contributed by atoms with Gasteiger partial charge in [0.25, 0.3) is 5.91 Å². The van der Waals surface area contributed by atoms with Gasteiger partial charge in [-0.1, -0.05) is 12.1 Å². The zero-order valence-electron chi connectivity index (χ0n) is 10.5. The third kappa shape index (κ3) is 3.59. The van der Waals surface area contributed by atoms with Crippen molar-refractivity contribution in [3.8, 4) is 0 Å². The molecule has 0 radical (unpaired) electrons. The summed E-state index contributed by atoms with van der Waals surface area (Å²) in [5, 5.41) is 5.74. The molecule has 0 unspecified atom stereocenters. The van der Waals surface area contributed by atoms with E-state index in [-0.39, 0.29) is 11.5 Å². The number of pyridine rings is 1. The summed E-state index contributed by atoms with van der Waals surface area (Å²) in [6.45, 7) is 0.714. The van der Waals surface area contributed by atoms with Gasteiger partial charge in [0.05, 0.1) is 11.8 Å². The zero-order valence-corrected chi connectivity index (χ0v) is 10.5. The number of nitrogens with zero attached hydrogens (tertiary/aromatic N) is 1. The van der Waals surface area contributed by atoms with Crippen molar-refractivity contribution in [2.45, 2.75) is 6.54 Å². The second-order valence-electron chi connectivity index (χ2n) is 4.08. The highest BCUT2D eigenvalue weighted by Crippen LogP contribution is 2.12. The van der Waals surface area contributed by atoms with Gasteiger partial charge in [0, 0.05) is 18.4 Å². The van der Waals surface area contributed by atoms with Crippen LogP contribution in [-0.4, -0.2) is 17.9 Å². The van der Waals surface area contributed by atoms with Gasteiger partial charge in [-0.3, -0.25) is 9.78 Å². The molecule has 1 aromatic carbocycles. The number of rotatable bonds is 4. The fourth-order valence-electron chi connectivity index (χ4n) is 1.70. The zero-order chi connectivity index (χ0) is 13.7. The van der Waals surface area contributed by atoms with E-state index in [0.29, 0.717) is 12.2 Å². The molecule has 0 spiro atoms. The summed E-state index contributed by atoms with van der Waals surface area (Å²) < 4.78 is 13.0. The molecular weight excluding hydrogens is 245 g/mol. The number of carbonyl (C=O) groups is 1. The molecule has 4 nitrogen and oxygen atoms in total. The van der Waals surface area contributed by atoms with E-state index in [1.165, 1.54) is 6.20 Å². The maximum absolute atomic E-state index is 13.0. The van der Waals surface area contributed by atoms with Crippen LogP contribution in [0.4, 0.5) is 10.1 Å². The van der Waals surface area contributed by atoms with E-state index in [9.17, 15) is 9.18 Å². The van der Waals surface area contributed by atoms with Crippen molar-refractivity contribution >= 4 is 11.6 Å². The van der Waals surface area contributed by atoms with Gasteiger partial charge >= 0.3 is 0 Å². The summed E-state index contributed by atoms with van der Waals surface area (Å²) in [6, 6.07) is 8.60. The van der Waals surface area contributed by atoms with Crippen molar-refractivity contribution in [2.24, 2.45) is 0 Å². The molecule has 19 heavy (non-hydrogen) atoms. The van der Waals surface area contributed by atoms with Crippen molar-refractivity contribution in [1.29, 1.82) is 0 Å². The SMILES string of the molecule is CNCc1cccc(NC(=O)c2cncc(F)c2)c1. The van der Waals surface area contributed by atoms with Crippen molar-refractivity contribution < 1.29 is 9.18 Å². The molecule has 2 rings (SSSR count). The van der Waals surface area contributed by atoms with Crippen LogP contribution >= 0.6 is 0 Å². The summed E-state index contributed by atoms with van der Waals surface area (Å²) in [7, 11) is 1.85. The predicted molar refractivity (Wildman–Crippen MR) is 71.4 cm³/mol. The minimum atomic E-state index is -0.531. The Hall–Kier alpha value is -2.27. The van der Waals surface area contributed by atoms with Gasteiger partial charge in [-0.2, -0.15) is 0 Å². The van der Waals surface area contributed by atoms with E-state index in [1.54, 1.807) is 6.07 Å². The van der Waals surface area contributed by atoms with E-state index in [2.05, 4.69) is 15.6 Å². The average molecular weight is 259 g/mol. The number of anilines is 1. The van der Waals surface area contributed by atoms with Crippen LogP contribution in [0.3, 0.4) is 0 Å². The number of hydrogen-bond acceptors (Lipinski definition) is 3. The first-order valence-electron chi connectivity index (χ1n) is 5.84. The van der Waals surface area contributed by atoms with Crippen LogP contribution in [0.1, 0.15) is 15.9 Å². The number of halogens is 1. The van der Waals surface area contributed by atoms with Crippen LogP contribution in [0, 0.1) is 5.82 Å². The molecule has 0 fully saturated rings. The molecule has 0 aliphatic heterocycles. The quantitative estimate of drug-likeness (QED) is 0.885. The summed E-state index contributed by atoms with van der Waals surface area (Å²) in [6.07, 6.45) is 2.39. The minimum Gasteiger partial charge on any atom is -0.322 e. The Kier molecular flexibility index (Phi) is 4.20. The molecule has 1 aromatic heterocycles. The van der Waals surface area contributed by atoms with Gasteiger partial charge in [-0.25, -0.2) is 4.39 Å². The van der Waals surface area contributed by atoms with Crippen LogP contribution < -0.4 is 10.6 Å². The maximum Gasteiger partial charge on any atom is 0.257 e. The average Bonchev–Trinajstić information content (AvgIpc) is 2.39. The van der Waals surface area contributed by atoms with Crippen LogP contribution in [0.15, 0.2) is 42.7 Å². The smallest absolute Gasteiger partial charge is 0.257 e. The Labute approximate surface area is 110 Å².